The van der Waals surface area contributed by atoms with Crippen LogP contribution in [0.1, 0.15) is 240 Å². The van der Waals surface area contributed by atoms with Gasteiger partial charge in [0.15, 0.2) is 0 Å². The highest BCUT2D eigenvalue weighted by Gasteiger charge is 2.46. The molecular weight excluding hydrogens is 1650 g/mol. The van der Waals surface area contributed by atoms with Crippen LogP contribution >= 0.6 is 0 Å². The maximum absolute atomic E-state index is 14.1. The number of fused-ring (bicyclic) bond motifs is 3. The number of para-hydroxylation sites is 2. The minimum absolute atomic E-state index is 0.0133. The molecule has 2 aromatic heterocycles. The minimum atomic E-state index is -1.13. The Morgan fingerprint density at radius 3 is 1.61 bits per heavy atom. The smallest absolute Gasteiger partial charge is 0.311 e. The largest absolute Gasteiger partial charge is 0.481 e. The second-order valence-electron chi connectivity index (χ2n) is 38.0. The van der Waals surface area contributed by atoms with Crippen LogP contribution in [0.5, 0.6) is 0 Å². The van der Waals surface area contributed by atoms with Gasteiger partial charge in [0, 0.05) is 89.2 Å². The molecule has 2 saturated heterocycles. The fourth-order valence-corrected chi connectivity index (χ4v) is 19.3. The van der Waals surface area contributed by atoms with E-state index < -0.39 is 54.4 Å². The molecule has 13 rings (SSSR count). The number of aliphatic hydroxyl groups excluding tert-OH is 6. The van der Waals surface area contributed by atoms with E-state index >= 15 is 0 Å². The van der Waals surface area contributed by atoms with E-state index in [0.29, 0.717) is 66.1 Å². The zero-order valence-electron chi connectivity index (χ0n) is 77.9. The molecule has 2 fully saturated rings. The Labute approximate surface area is 765 Å². The fourth-order valence-electron chi connectivity index (χ4n) is 19.3. The first-order valence-corrected chi connectivity index (χ1v) is 46.7. The Bertz CT molecular complexity index is 5120. The molecule has 2 aliphatic heterocycles. The van der Waals surface area contributed by atoms with Crippen LogP contribution in [-0.2, 0) is 54.3 Å². The van der Waals surface area contributed by atoms with E-state index in [2.05, 4.69) is 87.9 Å². The monoisotopic (exact) mass is 1790 g/mol. The molecule has 21 nitrogen and oxygen atoms in total. The molecule has 23 heteroatoms. The van der Waals surface area contributed by atoms with Crippen molar-refractivity contribution in [1.29, 1.82) is 0 Å². The van der Waals surface area contributed by atoms with Gasteiger partial charge in [0.05, 0.1) is 78.5 Å². The van der Waals surface area contributed by atoms with Crippen molar-refractivity contribution in [1.82, 2.24) is 9.13 Å². The van der Waals surface area contributed by atoms with E-state index in [4.69, 9.17) is 24.1 Å². The van der Waals surface area contributed by atoms with Gasteiger partial charge in [-0.2, -0.15) is 0 Å². The topological polar surface area (TPSA) is 320 Å². The minimum Gasteiger partial charge on any atom is -0.481 e. The Hall–Kier alpha value is -10.3. The second-order valence-corrected chi connectivity index (χ2v) is 38.0. The van der Waals surface area contributed by atoms with Crippen molar-refractivity contribution in [3.8, 4) is 33.5 Å². The summed E-state index contributed by atoms with van der Waals surface area (Å²) in [5.41, 5.74) is 10.7. The van der Waals surface area contributed by atoms with Crippen molar-refractivity contribution in [2.24, 2.45) is 58.7 Å². The third-order valence-electron chi connectivity index (χ3n) is 26.3. The number of aliphatic hydroxyl groups is 6. The number of aliphatic carboxylic acids is 1. The Morgan fingerprint density at radius 1 is 0.608 bits per heavy atom. The van der Waals surface area contributed by atoms with Gasteiger partial charge < -0.3 is 69.1 Å². The van der Waals surface area contributed by atoms with Crippen LogP contribution in [-0.4, -0.2) is 147 Å². The molecular formula is C107H137F2N3O18. The summed E-state index contributed by atoms with van der Waals surface area (Å²) >= 11 is 0. The zero-order valence-corrected chi connectivity index (χ0v) is 77.9. The van der Waals surface area contributed by atoms with Crippen molar-refractivity contribution in [2.75, 3.05) is 5.32 Å². The van der Waals surface area contributed by atoms with Gasteiger partial charge >= 0.3 is 29.8 Å². The highest BCUT2D eigenvalue weighted by atomic mass is 19.1. The number of rotatable bonds is 32. The van der Waals surface area contributed by atoms with Gasteiger partial charge in [-0.3, -0.25) is 33.6 Å². The maximum Gasteiger partial charge on any atom is 0.311 e. The predicted octanol–water partition coefficient (Wildman–Crippen LogP) is 20.2. The number of halogens is 2. The van der Waals surface area contributed by atoms with Crippen LogP contribution in [0.15, 0.2) is 187 Å². The first-order valence-electron chi connectivity index (χ1n) is 46.7. The SMILES string of the molecule is CC(=O)C[C@H](O)C[C@H](O)CCn1c(-c2ccc(F)cc2)c(-c2ccccc2)c(C(=O)Nc2ccccc2)c1C(C)C.CC(C)n1c(/C=C/[C@H](O)C[C@H](O)CC(=O)O)c(-c2ccc(F)cc2)c2ccccc21.CCC(C)(C)C(=O)O[C@H]1C[C@@H](C)C=C2C=C[C@H](C)[C@H](CC[C@@H]3C[C@@H](O)CC(=O)O3)[C@H]21.CC[C@H](C)C(=O)O[C@H]1C[C@@H](C)C=C2C=C[C@H](C)[C@H](CC[C@@H]3C[C@@H](O)CC(=O)O3)[C@H]21. The summed E-state index contributed by atoms with van der Waals surface area (Å²) in [6.45, 7) is 28.5. The summed E-state index contributed by atoms with van der Waals surface area (Å²) in [5.74, 6) is -0.750. The Kier molecular flexibility index (Phi) is 37.0. The highest BCUT2D eigenvalue weighted by Crippen LogP contribution is 2.50. The van der Waals surface area contributed by atoms with E-state index in [1.165, 1.54) is 42.3 Å². The number of nitrogens with zero attached hydrogens (tertiary/aromatic N) is 2. The van der Waals surface area contributed by atoms with Gasteiger partial charge in [0.25, 0.3) is 5.91 Å². The first-order chi connectivity index (χ1) is 61.8. The van der Waals surface area contributed by atoms with Crippen LogP contribution in [0.4, 0.5) is 14.5 Å². The number of anilines is 1. The van der Waals surface area contributed by atoms with Gasteiger partial charge in [0.1, 0.15) is 41.8 Å². The van der Waals surface area contributed by atoms with Crippen molar-refractivity contribution in [3.63, 3.8) is 0 Å². The van der Waals surface area contributed by atoms with Crippen molar-refractivity contribution in [2.45, 2.75) is 286 Å². The number of carbonyl (C=O) groups excluding carboxylic acids is 6. The molecule has 5 aromatic carbocycles. The van der Waals surface area contributed by atoms with Gasteiger partial charge in [-0.05, 0) is 229 Å². The lowest BCUT2D eigenvalue weighted by Crippen LogP contribution is -2.43. The quantitative estimate of drug-likeness (QED) is 0.0143. The normalized spacial score (nSPS) is 24.1. The number of esters is 4. The molecule has 1 amide bonds. The summed E-state index contributed by atoms with van der Waals surface area (Å²) in [6.07, 6.45) is 18.6. The number of hydrogen-bond acceptors (Lipinski definition) is 17. The Morgan fingerprint density at radius 2 is 1.11 bits per heavy atom. The zero-order chi connectivity index (χ0) is 94.5. The van der Waals surface area contributed by atoms with Gasteiger partial charge in [-0.15, -0.1) is 0 Å². The summed E-state index contributed by atoms with van der Waals surface area (Å²) < 4.78 is 54.8. The fraction of sp³-hybridized carbons (Fsp3) is 0.505. The average Bonchev–Trinajstić information content (AvgIpc) is 1.58. The molecule has 0 spiro atoms. The number of carboxylic acids is 1. The van der Waals surface area contributed by atoms with E-state index in [-0.39, 0.29) is 140 Å². The number of carboxylic acid groups (broad SMARTS) is 1. The van der Waals surface area contributed by atoms with E-state index in [9.17, 15) is 73.0 Å². The number of nitrogens with one attached hydrogen (secondary N) is 1. The first kappa shape index (κ1) is 102. The number of Topliss-reactive ketones (excluding diaryl/α,β-unsaturated/α-hetero) is 1. The molecule has 4 heterocycles. The van der Waals surface area contributed by atoms with E-state index in [0.717, 1.165) is 107 Å². The predicted molar refractivity (Wildman–Crippen MR) is 502 cm³/mol. The standard InChI is InChI=1S/C34H37FN2O4.C25H38O5.C24H26FNO4.C24H36O5/c1-22(2)32-31(34(41)36-27-12-8-5-9-13-27)30(24-10-6-4-7-11-24)33(25-14-16-26(35)17-15-25)37(32)19-18-28(39)21-29(40)20-23(3)38;1-6-25(4,5)24(28)30-21-12-15(2)11-17-8-7-16(3)20(23(17)21)10-9-19-13-18(26)14-22(27)29-19;1-15(2)26-21-6-4-3-5-20(21)24(16-7-9-17(25)10-8-16)22(26)12-11-18(27)13-19(28)14-23(29)30;1-5-15(3)24(27)29-21-11-14(2)10-17-7-6-16(4)20(23(17)21)9-8-19-12-18(25)13-22(26)28-19/h4-17,22,28-29,39-40H,18-21H2,1-3H3,(H,36,41);7-8,11,15-16,18-21,23,26H,6,9-10,12-14H2,1-5H3;3-12,15,18-19,27-28H,13-14H2,1-2H3,(H,29,30);6-7,10,14-16,18-21,23,25H,5,8-9,11-13H2,1-4H3/b;;12-11+;/t28-,29+;15-,16-,18+,19+,20-,21-,23-;18-,19-;14-,15-,16-,18+,19+,20-,21-,23-/m1000/s1. The van der Waals surface area contributed by atoms with Gasteiger partial charge in [0.2, 0.25) is 0 Å². The highest BCUT2D eigenvalue weighted by molar-refractivity contribution is 6.12. The van der Waals surface area contributed by atoms with Crippen LogP contribution in [0.2, 0.25) is 0 Å². The molecule has 6 aliphatic rings. The summed E-state index contributed by atoms with van der Waals surface area (Å²) in [7, 11) is 0. The summed E-state index contributed by atoms with van der Waals surface area (Å²) in [5, 5.41) is 73.8. The number of aromatic nitrogens is 2. The molecule has 702 valence electrons. The van der Waals surface area contributed by atoms with Crippen LogP contribution in [0, 0.1) is 70.3 Å². The third kappa shape index (κ3) is 27.5. The average molecular weight is 1790 g/mol. The van der Waals surface area contributed by atoms with Crippen molar-refractivity contribution < 1.29 is 97.0 Å². The van der Waals surface area contributed by atoms with Crippen molar-refractivity contribution >= 4 is 64.2 Å². The number of allylic oxidation sites excluding steroid dienone is 6. The number of amides is 1. The van der Waals surface area contributed by atoms with E-state index in [1.807, 2.05) is 138 Å². The van der Waals surface area contributed by atoms with Crippen molar-refractivity contribution in [3.05, 3.63) is 216 Å². The summed E-state index contributed by atoms with van der Waals surface area (Å²) in [4.78, 5) is 85.0. The molecule has 0 bridgehead atoms. The lowest BCUT2D eigenvalue weighted by Gasteiger charge is -2.44. The van der Waals surface area contributed by atoms with Gasteiger partial charge in [-0.1, -0.05) is 184 Å². The number of carbonyl (C=O) groups is 7. The van der Waals surface area contributed by atoms with Crippen LogP contribution in [0.25, 0.3) is 50.5 Å². The molecule has 0 saturated carbocycles. The van der Waals surface area contributed by atoms with Crippen LogP contribution < -0.4 is 5.32 Å². The number of ketones is 1. The van der Waals surface area contributed by atoms with E-state index in [1.54, 1.807) is 36.4 Å². The molecule has 4 aliphatic carbocycles. The van der Waals surface area contributed by atoms with Crippen LogP contribution in [0.3, 0.4) is 0 Å². The molecule has 0 radical (unpaired) electrons. The molecule has 8 N–H and O–H groups in total. The molecule has 0 unspecified atom stereocenters. The second kappa shape index (κ2) is 47.2. The number of benzene rings is 5. The number of cyclic esters (lactones) is 2. The molecule has 130 heavy (non-hydrogen) atoms. The molecule has 19 atom stereocenters. The Balaban J connectivity index is 0.000000182. The number of ether oxygens (including phenoxy) is 4. The molecule has 7 aromatic rings. The third-order valence-corrected chi connectivity index (χ3v) is 26.3. The lowest BCUT2D eigenvalue weighted by molar-refractivity contribution is -0.166. The number of hydrogen-bond donors (Lipinski definition) is 8. The lowest BCUT2D eigenvalue weighted by atomic mass is 9.65. The van der Waals surface area contributed by atoms with Gasteiger partial charge in [-0.25, -0.2) is 8.78 Å². The summed E-state index contributed by atoms with van der Waals surface area (Å²) in [6, 6.07) is 39.4. The maximum atomic E-state index is 14.1.